The molecule has 6 aromatic carbocycles. The largest absolute Gasteiger partial charge is 0.309 e. The molecule has 10 rings (SSSR count). The standard InChI is InChI=1S/C42H29NS/c1-2-11-31-29(9-1)30-10-3-4-12-32(30)36-23-26(17-20-33(31)36)27-18-21-40-37(24-27)34-13-5-7-15-39(34)43(40)28-19-22-42-38(25-28)35-14-6-8-16-41(35)44-42/h1-3,5-11,13-16,18-19,21-25H,4,12,17,20H2. The Bertz CT molecular complexity index is 2550. The first-order valence-electron chi connectivity index (χ1n) is 15.7. The highest BCUT2D eigenvalue weighted by molar-refractivity contribution is 7.25. The van der Waals surface area contributed by atoms with Crippen LogP contribution in [0.1, 0.15) is 40.7 Å². The molecular formula is C42H29NS. The Balaban J connectivity index is 1.17. The third-order valence-electron chi connectivity index (χ3n) is 9.99. The normalized spacial score (nSPS) is 14.5. The third-order valence-corrected chi connectivity index (χ3v) is 11.1. The maximum absolute atomic E-state index is 2.53. The van der Waals surface area contributed by atoms with Crippen molar-refractivity contribution in [3.63, 3.8) is 0 Å². The molecule has 1 nitrogen and oxygen atoms in total. The Morgan fingerprint density at radius 1 is 0.523 bits per heavy atom. The van der Waals surface area contributed by atoms with E-state index in [1.54, 1.807) is 0 Å². The zero-order valence-corrected chi connectivity index (χ0v) is 25.1. The number of fused-ring (bicyclic) bond motifs is 12. The summed E-state index contributed by atoms with van der Waals surface area (Å²) in [6, 6.07) is 40.8. The number of aromatic nitrogens is 1. The van der Waals surface area contributed by atoms with Gasteiger partial charge in [0.15, 0.2) is 0 Å². The molecule has 2 aliphatic carbocycles. The third kappa shape index (κ3) is 3.46. The number of nitrogens with zero attached hydrogens (tertiary/aromatic N) is 1. The average molecular weight is 580 g/mol. The fourth-order valence-electron chi connectivity index (χ4n) is 7.99. The molecule has 2 heteroatoms. The fraction of sp³-hybridized carbons (Fsp3) is 0.0952. The van der Waals surface area contributed by atoms with Crippen LogP contribution in [0, 0.1) is 0 Å². The number of para-hydroxylation sites is 1. The molecule has 8 aromatic rings. The quantitative estimate of drug-likeness (QED) is 0.192. The Labute approximate surface area is 260 Å². The van der Waals surface area contributed by atoms with E-state index >= 15 is 0 Å². The van der Waals surface area contributed by atoms with Gasteiger partial charge in [-0.3, -0.25) is 0 Å². The summed E-state index contributed by atoms with van der Waals surface area (Å²) in [7, 11) is 0. The van der Waals surface area contributed by atoms with Crippen LogP contribution in [0.2, 0.25) is 0 Å². The van der Waals surface area contributed by atoms with Gasteiger partial charge in [-0.05, 0) is 112 Å². The van der Waals surface area contributed by atoms with Crippen LogP contribution in [0.3, 0.4) is 0 Å². The summed E-state index contributed by atoms with van der Waals surface area (Å²) in [6.45, 7) is 0. The SMILES string of the molecule is C1=Cc2c(c3c(c4ccccc24)CCC(c2ccc4c(c2)c2ccccc2n4-c2ccc4sc5ccccc5c4c2)=C3)CC1. The summed E-state index contributed by atoms with van der Waals surface area (Å²) in [5, 5.41) is 8.15. The van der Waals surface area contributed by atoms with Gasteiger partial charge >= 0.3 is 0 Å². The van der Waals surface area contributed by atoms with Crippen molar-refractivity contribution in [2.24, 2.45) is 0 Å². The number of aryl methyl sites for hydroxylation is 1. The van der Waals surface area contributed by atoms with Crippen molar-refractivity contribution in [3.05, 3.63) is 143 Å². The van der Waals surface area contributed by atoms with Gasteiger partial charge in [0.25, 0.3) is 0 Å². The van der Waals surface area contributed by atoms with Gasteiger partial charge in [-0.1, -0.05) is 85.0 Å². The van der Waals surface area contributed by atoms with Crippen LogP contribution in [0.4, 0.5) is 0 Å². The second-order valence-electron chi connectivity index (χ2n) is 12.3. The zero-order chi connectivity index (χ0) is 28.8. The number of hydrogen-bond acceptors (Lipinski definition) is 1. The summed E-state index contributed by atoms with van der Waals surface area (Å²) >= 11 is 1.88. The predicted octanol–water partition coefficient (Wildman–Crippen LogP) is 11.8. The minimum atomic E-state index is 1.07. The van der Waals surface area contributed by atoms with Crippen molar-refractivity contribution in [2.75, 3.05) is 0 Å². The molecule has 0 amide bonds. The van der Waals surface area contributed by atoms with E-state index < -0.39 is 0 Å². The van der Waals surface area contributed by atoms with Crippen LogP contribution in [-0.2, 0) is 12.8 Å². The molecule has 0 saturated carbocycles. The van der Waals surface area contributed by atoms with Crippen LogP contribution in [0.15, 0.2) is 115 Å². The van der Waals surface area contributed by atoms with Crippen LogP contribution in [0.25, 0.3) is 76.2 Å². The van der Waals surface area contributed by atoms with Crippen LogP contribution in [0.5, 0.6) is 0 Å². The van der Waals surface area contributed by atoms with Crippen molar-refractivity contribution in [1.29, 1.82) is 0 Å². The zero-order valence-electron chi connectivity index (χ0n) is 24.3. The smallest absolute Gasteiger partial charge is 0.0541 e. The van der Waals surface area contributed by atoms with E-state index in [-0.39, 0.29) is 0 Å². The van der Waals surface area contributed by atoms with E-state index in [1.807, 2.05) is 11.3 Å². The van der Waals surface area contributed by atoms with E-state index in [0.29, 0.717) is 0 Å². The maximum Gasteiger partial charge on any atom is 0.0541 e. The number of benzene rings is 6. The Morgan fingerprint density at radius 2 is 1.30 bits per heavy atom. The predicted molar refractivity (Wildman–Crippen MR) is 191 cm³/mol. The van der Waals surface area contributed by atoms with Crippen molar-refractivity contribution >= 4 is 81.8 Å². The van der Waals surface area contributed by atoms with E-state index in [2.05, 4.69) is 132 Å². The van der Waals surface area contributed by atoms with Gasteiger partial charge in [0, 0.05) is 36.6 Å². The first kappa shape index (κ1) is 24.5. The highest BCUT2D eigenvalue weighted by Crippen LogP contribution is 2.43. The first-order chi connectivity index (χ1) is 21.8. The van der Waals surface area contributed by atoms with Gasteiger partial charge in [0.05, 0.1) is 11.0 Å². The molecule has 0 saturated heterocycles. The highest BCUT2D eigenvalue weighted by atomic mass is 32.1. The molecule has 44 heavy (non-hydrogen) atoms. The molecule has 0 spiro atoms. The summed E-state index contributed by atoms with van der Waals surface area (Å²) in [6.07, 6.45) is 11.6. The summed E-state index contributed by atoms with van der Waals surface area (Å²) in [5.41, 5.74) is 12.5. The van der Waals surface area contributed by atoms with Gasteiger partial charge in [0.1, 0.15) is 0 Å². The van der Waals surface area contributed by atoms with Gasteiger partial charge in [-0.25, -0.2) is 0 Å². The van der Waals surface area contributed by atoms with Gasteiger partial charge in [-0.2, -0.15) is 0 Å². The molecule has 2 heterocycles. The van der Waals surface area contributed by atoms with Crippen molar-refractivity contribution < 1.29 is 0 Å². The Kier molecular flexibility index (Phi) is 5.17. The first-order valence-corrected chi connectivity index (χ1v) is 16.5. The second-order valence-corrected chi connectivity index (χ2v) is 13.4. The number of allylic oxidation sites excluding steroid dienone is 2. The number of rotatable bonds is 2. The van der Waals surface area contributed by atoms with E-state index in [0.717, 1.165) is 25.7 Å². The molecule has 0 atom stereocenters. The molecule has 0 N–H and O–H groups in total. The van der Waals surface area contributed by atoms with E-state index in [1.165, 1.54) is 91.8 Å². The van der Waals surface area contributed by atoms with Crippen molar-refractivity contribution in [3.8, 4) is 5.69 Å². The molecular weight excluding hydrogens is 551 g/mol. The molecule has 208 valence electrons. The Hall–Kier alpha value is -4.92. The average Bonchev–Trinajstić information content (AvgIpc) is 3.63. The lowest BCUT2D eigenvalue weighted by atomic mass is 9.79. The molecule has 0 aliphatic heterocycles. The van der Waals surface area contributed by atoms with Gasteiger partial charge in [0.2, 0.25) is 0 Å². The van der Waals surface area contributed by atoms with E-state index in [4.69, 9.17) is 0 Å². The topological polar surface area (TPSA) is 4.93 Å². The number of thiophene rings is 1. The van der Waals surface area contributed by atoms with Crippen LogP contribution >= 0.6 is 11.3 Å². The summed E-state index contributed by atoms with van der Waals surface area (Å²) in [5.74, 6) is 0. The molecule has 2 aromatic heterocycles. The Morgan fingerprint density at radius 3 is 2.23 bits per heavy atom. The molecule has 0 unspecified atom stereocenters. The van der Waals surface area contributed by atoms with Crippen molar-refractivity contribution in [1.82, 2.24) is 4.57 Å². The summed E-state index contributed by atoms with van der Waals surface area (Å²) < 4.78 is 5.15. The highest BCUT2D eigenvalue weighted by Gasteiger charge is 2.23. The lowest BCUT2D eigenvalue weighted by Gasteiger charge is -2.25. The van der Waals surface area contributed by atoms with Crippen LogP contribution in [-0.4, -0.2) is 4.57 Å². The minimum Gasteiger partial charge on any atom is -0.309 e. The second kappa shape index (κ2) is 9.29. The van der Waals surface area contributed by atoms with Crippen molar-refractivity contribution in [2.45, 2.75) is 25.7 Å². The molecule has 0 fully saturated rings. The minimum absolute atomic E-state index is 1.07. The molecule has 0 bridgehead atoms. The fourth-order valence-corrected chi connectivity index (χ4v) is 9.07. The molecule has 2 aliphatic rings. The molecule has 0 radical (unpaired) electrons. The lowest BCUT2D eigenvalue weighted by Crippen LogP contribution is -2.08. The lowest BCUT2D eigenvalue weighted by molar-refractivity contribution is 0.956. The summed E-state index contributed by atoms with van der Waals surface area (Å²) in [4.78, 5) is 0. The maximum atomic E-state index is 2.53. The number of hydrogen-bond donors (Lipinski definition) is 0. The van der Waals surface area contributed by atoms with Gasteiger partial charge in [-0.15, -0.1) is 11.3 Å². The monoisotopic (exact) mass is 579 g/mol. The van der Waals surface area contributed by atoms with Crippen LogP contribution < -0.4 is 0 Å². The van der Waals surface area contributed by atoms with Gasteiger partial charge < -0.3 is 4.57 Å². The van der Waals surface area contributed by atoms with E-state index in [9.17, 15) is 0 Å².